The number of nitrogens with zero attached hydrogens (tertiary/aromatic N) is 6. The Labute approximate surface area is 173 Å². The number of hydrogen-bond donors (Lipinski definition) is 1. The molecular formula is C22H31N7. The highest BCUT2D eigenvalue weighted by molar-refractivity contribution is 5.80. The molecule has 2 saturated heterocycles. The second-order valence-corrected chi connectivity index (χ2v) is 7.63. The van der Waals surface area contributed by atoms with E-state index >= 15 is 0 Å². The van der Waals surface area contributed by atoms with Crippen molar-refractivity contribution in [3.05, 3.63) is 48.3 Å². The number of piperazine rings is 1. The van der Waals surface area contributed by atoms with Crippen LogP contribution in [0.15, 0.2) is 47.7 Å². The van der Waals surface area contributed by atoms with Crippen LogP contribution >= 0.6 is 0 Å². The highest BCUT2D eigenvalue weighted by Gasteiger charge is 2.20. The molecule has 0 amide bonds. The molecule has 0 spiro atoms. The second kappa shape index (κ2) is 9.58. The first-order chi connectivity index (χ1) is 14.3. The van der Waals surface area contributed by atoms with Crippen molar-refractivity contribution in [2.24, 2.45) is 4.99 Å². The van der Waals surface area contributed by atoms with Crippen molar-refractivity contribution in [2.45, 2.75) is 25.8 Å². The number of piperidine rings is 1. The van der Waals surface area contributed by atoms with E-state index in [0.717, 1.165) is 63.4 Å². The van der Waals surface area contributed by atoms with Crippen molar-refractivity contribution in [1.82, 2.24) is 20.2 Å². The van der Waals surface area contributed by atoms with Crippen molar-refractivity contribution in [3.63, 3.8) is 0 Å². The Bertz CT molecular complexity index is 794. The van der Waals surface area contributed by atoms with E-state index in [1.165, 1.54) is 24.8 Å². The van der Waals surface area contributed by atoms with Crippen LogP contribution in [-0.2, 0) is 6.54 Å². The van der Waals surface area contributed by atoms with E-state index in [9.17, 15) is 0 Å². The van der Waals surface area contributed by atoms with Gasteiger partial charge in [-0.15, -0.1) is 0 Å². The Hall–Kier alpha value is -2.83. The zero-order valence-electron chi connectivity index (χ0n) is 17.3. The number of pyridine rings is 2. The average Bonchev–Trinajstić information content (AvgIpc) is 2.81. The molecule has 0 radical (unpaired) electrons. The summed E-state index contributed by atoms with van der Waals surface area (Å²) in [6.07, 6.45) is 7.65. The molecule has 154 valence electrons. The van der Waals surface area contributed by atoms with Gasteiger partial charge in [0, 0.05) is 65.3 Å². The molecule has 2 aromatic rings. The fraction of sp³-hybridized carbons (Fsp3) is 0.500. The van der Waals surface area contributed by atoms with Crippen LogP contribution in [0.3, 0.4) is 0 Å². The topological polar surface area (TPSA) is 59.9 Å². The van der Waals surface area contributed by atoms with Crippen molar-refractivity contribution in [3.8, 4) is 0 Å². The molecule has 7 heteroatoms. The largest absolute Gasteiger partial charge is 0.357 e. The summed E-state index contributed by atoms with van der Waals surface area (Å²) >= 11 is 0. The number of rotatable bonds is 4. The normalized spacial score (nSPS) is 18.1. The van der Waals surface area contributed by atoms with E-state index in [-0.39, 0.29) is 0 Å². The summed E-state index contributed by atoms with van der Waals surface area (Å²) < 4.78 is 0. The zero-order valence-corrected chi connectivity index (χ0v) is 17.3. The molecule has 4 heterocycles. The third-order valence-corrected chi connectivity index (χ3v) is 5.70. The molecule has 7 nitrogen and oxygen atoms in total. The van der Waals surface area contributed by atoms with Gasteiger partial charge in [0.15, 0.2) is 5.96 Å². The summed E-state index contributed by atoms with van der Waals surface area (Å²) in [7, 11) is 1.86. The first-order valence-corrected chi connectivity index (χ1v) is 10.6. The van der Waals surface area contributed by atoms with Crippen LogP contribution in [0.5, 0.6) is 0 Å². The van der Waals surface area contributed by atoms with Gasteiger partial charge in [-0.05, 0) is 49.1 Å². The molecule has 2 aliphatic rings. The molecule has 0 bridgehead atoms. The van der Waals surface area contributed by atoms with Crippen molar-refractivity contribution in [2.75, 3.05) is 56.1 Å². The van der Waals surface area contributed by atoms with Gasteiger partial charge in [-0.3, -0.25) is 4.99 Å². The fourth-order valence-electron chi connectivity index (χ4n) is 4.07. The summed E-state index contributed by atoms with van der Waals surface area (Å²) in [5, 5.41) is 3.54. The Morgan fingerprint density at radius 3 is 2.38 bits per heavy atom. The minimum absolute atomic E-state index is 0.760. The lowest BCUT2D eigenvalue weighted by Gasteiger charge is -2.37. The predicted octanol–water partition coefficient (Wildman–Crippen LogP) is 2.36. The summed E-state index contributed by atoms with van der Waals surface area (Å²) in [5.41, 5.74) is 1.24. The first-order valence-electron chi connectivity index (χ1n) is 10.6. The first kappa shape index (κ1) is 19.5. The number of aliphatic imine (C=N–C) groups is 1. The van der Waals surface area contributed by atoms with Crippen molar-refractivity contribution in [1.29, 1.82) is 0 Å². The lowest BCUT2D eigenvalue weighted by atomic mass is 10.1. The van der Waals surface area contributed by atoms with E-state index < -0.39 is 0 Å². The second-order valence-electron chi connectivity index (χ2n) is 7.63. The third kappa shape index (κ3) is 4.96. The van der Waals surface area contributed by atoms with Gasteiger partial charge in [-0.1, -0.05) is 6.07 Å². The number of aromatic nitrogens is 2. The van der Waals surface area contributed by atoms with Crippen LogP contribution < -0.4 is 15.1 Å². The zero-order chi connectivity index (χ0) is 19.9. The summed E-state index contributed by atoms with van der Waals surface area (Å²) in [4.78, 5) is 20.6. The van der Waals surface area contributed by atoms with Gasteiger partial charge in [0.05, 0.1) is 0 Å². The molecule has 1 N–H and O–H groups in total. The Morgan fingerprint density at radius 1 is 0.897 bits per heavy atom. The minimum atomic E-state index is 0.760. The van der Waals surface area contributed by atoms with Crippen molar-refractivity contribution < 1.29 is 0 Å². The van der Waals surface area contributed by atoms with Crippen LogP contribution in [-0.4, -0.2) is 67.1 Å². The number of guanidine groups is 1. The molecular weight excluding hydrogens is 362 g/mol. The number of anilines is 2. The molecule has 2 aliphatic heterocycles. The average molecular weight is 394 g/mol. The summed E-state index contributed by atoms with van der Waals surface area (Å²) in [6, 6.07) is 10.4. The van der Waals surface area contributed by atoms with Gasteiger partial charge in [0.2, 0.25) is 0 Å². The lowest BCUT2D eigenvalue weighted by molar-refractivity contribution is 0.371. The highest BCUT2D eigenvalue weighted by Crippen LogP contribution is 2.18. The Morgan fingerprint density at radius 2 is 1.66 bits per heavy atom. The standard InChI is InChI=1S/C22H31N7/c1-23-22(29-15-13-28(14-16-29)20-7-3-4-9-24-20)26-18-19-8-10-25-21(17-19)27-11-5-2-6-12-27/h3-4,7-10,17H,2,5-6,11-16,18H2,1H3,(H,23,26). The van der Waals surface area contributed by atoms with Gasteiger partial charge in [-0.25, -0.2) is 9.97 Å². The van der Waals surface area contributed by atoms with Gasteiger partial charge in [-0.2, -0.15) is 0 Å². The maximum absolute atomic E-state index is 4.58. The van der Waals surface area contributed by atoms with Gasteiger partial charge < -0.3 is 20.0 Å². The molecule has 0 atom stereocenters. The molecule has 2 fully saturated rings. The SMILES string of the molecule is CN=C(NCc1ccnc(N2CCCCC2)c1)N1CCN(c2ccccn2)CC1. The van der Waals surface area contributed by atoms with E-state index in [4.69, 9.17) is 0 Å². The van der Waals surface area contributed by atoms with Crippen LogP contribution in [0.2, 0.25) is 0 Å². The van der Waals surface area contributed by atoms with Crippen LogP contribution in [0.25, 0.3) is 0 Å². The Kier molecular flexibility index (Phi) is 6.44. The molecule has 0 aromatic carbocycles. The fourth-order valence-corrected chi connectivity index (χ4v) is 4.07. The molecule has 4 rings (SSSR count). The maximum atomic E-state index is 4.58. The van der Waals surface area contributed by atoms with Gasteiger partial charge >= 0.3 is 0 Å². The molecule has 29 heavy (non-hydrogen) atoms. The van der Waals surface area contributed by atoms with Crippen molar-refractivity contribution >= 4 is 17.6 Å². The van der Waals surface area contributed by atoms with Gasteiger partial charge in [0.1, 0.15) is 11.6 Å². The molecule has 2 aromatic heterocycles. The smallest absolute Gasteiger partial charge is 0.194 e. The summed E-state index contributed by atoms with van der Waals surface area (Å²) in [5.74, 6) is 3.11. The van der Waals surface area contributed by atoms with Crippen LogP contribution in [0, 0.1) is 0 Å². The number of hydrogen-bond acceptors (Lipinski definition) is 5. The highest BCUT2D eigenvalue weighted by atomic mass is 15.4. The predicted molar refractivity (Wildman–Crippen MR) is 119 cm³/mol. The molecule has 0 aliphatic carbocycles. The van der Waals surface area contributed by atoms with E-state index in [1.54, 1.807) is 0 Å². The van der Waals surface area contributed by atoms with E-state index in [2.05, 4.69) is 53.2 Å². The van der Waals surface area contributed by atoms with Gasteiger partial charge in [0.25, 0.3) is 0 Å². The molecule has 0 unspecified atom stereocenters. The number of nitrogens with one attached hydrogen (secondary N) is 1. The van der Waals surface area contributed by atoms with E-state index in [0.29, 0.717) is 0 Å². The maximum Gasteiger partial charge on any atom is 0.194 e. The van der Waals surface area contributed by atoms with E-state index in [1.807, 2.05) is 31.6 Å². The molecule has 0 saturated carbocycles. The van der Waals surface area contributed by atoms with Crippen LogP contribution in [0.4, 0.5) is 11.6 Å². The monoisotopic (exact) mass is 393 g/mol. The Balaban J connectivity index is 1.31. The summed E-state index contributed by atoms with van der Waals surface area (Å²) in [6.45, 7) is 6.77. The lowest BCUT2D eigenvalue weighted by Crippen LogP contribution is -2.52. The van der Waals surface area contributed by atoms with Crippen LogP contribution in [0.1, 0.15) is 24.8 Å². The minimum Gasteiger partial charge on any atom is -0.357 e. The quantitative estimate of drug-likeness (QED) is 0.636. The third-order valence-electron chi connectivity index (χ3n) is 5.70.